The maximum Gasteiger partial charge on any atom is 0.376 e. The van der Waals surface area contributed by atoms with Gasteiger partial charge in [0, 0.05) is 16.8 Å². The summed E-state index contributed by atoms with van der Waals surface area (Å²) in [7, 11) is 0. The van der Waals surface area contributed by atoms with E-state index in [-0.39, 0.29) is 16.8 Å². The van der Waals surface area contributed by atoms with E-state index in [0.717, 1.165) is 0 Å². The minimum atomic E-state index is -1.46. The first-order valence-corrected chi connectivity index (χ1v) is 6.26. The van der Waals surface area contributed by atoms with Crippen LogP contribution in [0.2, 0.25) is 0 Å². The molecule has 0 aliphatic rings. The summed E-state index contributed by atoms with van der Waals surface area (Å²) in [5.74, 6) is 0. The maximum absolute atomic E-state index is 8.00. The van der Waals surface area contributed by atoms with Crippen molar-refractivity contribution in [1.82, 2.24) is 0 Å². The Kier molecular flexibility index (Phi) is 423. The van der Waals surface area contributed by atoms with Crippen LogP contribution in [0.3, 0.4) is 0 Å². The van der Waals surface area contributed by atoms with Crippen LogP contribution in [0, 0.1) is 0 Å². The summed E-state index contributed by atoms with van der Waals surface area (Å²) in [5.41, 5.74) is 0. The van der Waals surface area contributed by atoms with Gasteiger partial charge in [-0.25, -0.2) is 0 Å². The van der Waals surface area contributed by atoms with Crippen LogP contribution in [-0.2, 0) is 36.0 Å². The molecule has 0 saturated carbocycles. The van der Waals surface area contributed by atoms with Crippen molar-refractivity contribution in [2.75, 3.05) is 0 Å². The fourth-order valence-corrected chi connectivity index (χ4v) is 0. The molecule has 0 rings (SSSR count). The summed E-state index contributed by atoms with van der Waals surface area (Å²) in [4.78, 5) is 32.0. The SMILES string of the molecule is C=O.C=O.C=O.C=O.Cl[Si](Cl)Cl.[Co]. The molecule has 2 radical (unpaired) electrons. The molecule has 13 heavy (non-hydrogen) atoms. The number of hydrogen-bond acceptors (Lipinski definition) is 4. The summed E-state index contributed by atoms with van der Waals surface area (Å²) in [5, 5.41) is 0. The zero-order chi connectivity index (χ0) is 11.6. The van der Waals surface area contributed by atoms with E-state index in [1.165, 1.54) is 0 Å². The minimum absolute atomic E-state index is 0. The predicted octanol–water partition coefficient (Wildman–Crippen LogP) is 0.946. The summed E-state index contributed by atoms with van der Waals surface area (Å²) in [6.45, 7) is 6.54. The van der Waals surface area contributed by atoms with Gasteiger partial charge in [-0.05, 0) is 0 Å². The van der Waals surface area contributed by atoms with Gasteiger partial charge in [0.25, 0.3) is 0 Å². The molecule has 0 aromatic heterocycles. The first-order chi connectivity index (χ1) is 5.73. The van der Waals surface area contributed by atoms with E-state index < -0.39 is 6.73 Å². The molecule has 82 valence electrons. The van der Waals surface area contributed by atoms with Crippen molar-refractivity contribution in [3.63, 3.8) is 0 Å². The van der Waals surface area contributed by atoms with Gasteiger partial charge >= 0.3 is 6.73 Å². The Morgan fingerprint density at radius 3 is 0.615 bits per heavy atom. The van der Waals surface area contributed by atoms with Crippen molar-refractivity contribution in [3.05, 3.63) is 0 Å². The molecule has 0 saturated heterocycles. The van der Waals surface area contributed by atoms with Crippen LogP contribution in [0.15, 0.2) is 0 Å². The molecular weight excluding hydrogens is 305 g/mol. The third-order valence-corrected chi connectivity index (χ3v) is 0. The van der Waals surface area contributed by atoms with Gasteiger partial charge in [0.05, 0.1) is 0 Å². The number of carbonyl (C=O) groups is 4. The van der Waals surface area contributed by atoms with Crippen LogP contribution in [0.4, 0.5) is 0 Å². The summed E-state index contributed by atoms with van der Waals surface area (Å²) >= 11 is 14.7. The van der Waals surface area contributed by atoms with Crippen molar-refractivity contribution in [2.45, 2.75) is 0 Å². The number of rotatable bonds is 0. The number of carbonyl (C=O) groups excluding carboxylic acids is 4. The molecule has 0 aliphatic carbocycles. The van der Waals surface area contributed by atoms with E-state index in [9.17, 15) is 0 Å². The molecule has 0 aliphatic heterocycles. The molecule has 0 aromatic rings. The zero-order valence-electron chi connectivity index (χ0n) is 6.43. The standard InChI is InChI=1S/4CH2O.Cl3Si.Co/c4*1-2;1-4(2)3;/h4*1H2;;. The Morgan fingerprint density at radius 1 is 0.615 bits per heavy atom. The van der Waals surface area contributed by atoms with E-state index in [1.54, 1.807) is 0 Å². The van der Waals surface area contributed by atoms with Crippen molar-refractivity contribution in [2.24, 2.45) is 0 Å². The molecule has 4 nitrogen and oxygen atoms in total. The second-order valence-electron chi connectivity index (χ2n) is 0.214. The second-order valence-corrected chi connectivity index (χ2v) is 5.79. The summed E-state index contributed by atoms with van der Waals surface area (Å²) < 4.78 is 0. The molecule has 0 aromatic carbocycles. The van der Waals surface area contributed by atoms with Gasteiger partial charge in [0.15, 0.2) is 0 Å². The fourth-order valence-electron chi connectivity index (χ4n) is 0. The number of hydrogen-bond donors (Lipinski definition) is 0. The van der Waals surface area contributed by atoms with Gasteiger partial charge in [-0.1, -0.05) is 0 Å². The topological polar surface area (TPSA) is 68.3 Å². The van der Waals surface area contributed by atoms with Gasteiger partial charge in [-0.15, -0.1) is 33.2 Å². The summed E-state index contributed by atoms with van der Waals surface area (Å²) in [6.07, 6.45) is 0. The average molecular weight is 313 g/mol. The first-order valence-electron chi connectivity index (χ1n) is 1.72. The van der Waals surface area contributed by atoms with Crippen molar-refractivity contribution >= 4 is 67.1 Å². The van der Waals surface area contributed by atoms with Crippen LogP contribution < -0.4 is 0 Å². The van der Waals surface area contributed by atoms with Crippen molar-refractivity contribution in [3.8, 4) is 0 Å². The Balaban J connectivity index is -0.0000000122. The molecule has 0 spiro atoms. The molecule has 0 amide bonds. The Hall–Kier alpha value is 0.273. The van der Waals surface area contributed by atoms with E-state index in [2.05, 4.69) is 0 Å². The fraction of sp³-hybridized carbons (Fsp3) is 0. The molecule has 0 heterocycles. The molecule has 9 heteroatoms. The molecule has 0 N–H and O–H groups in total. The van der Waals surface area contributed by atoms with Crippen molar-refractivity contribution in [1.29, 1.82) is 0 Å². The van der Waals surface area contributed by atoms with Gasteiger partial charge < -0.3 is 19.2 Å². The smallest absolute Gasteiger partial charge is 0.307 e. The summed E-state index contributed by atoms with van der Waals surface area (Å²) in [6, 6.07) is 0. The Morgan fingerprint density at radius 2 is 0.615 bits per heavy atom. The van der Waals surface area contributed by atoms with Gasteiger partial charge in [0.1, 0.15) is 27.2 Å². The van der Waals surface area contributed by atoms with E-state index >= 15 is 0 Å². The molecule has 0 fully saturated rings. The molecule has 0 bridgehead atoms. The van der Waals surface area contributed by atoms with Crippen LogP contribution in [0.5, 0.6) is 0 Å². The maximum atomic E-state index is 8.00. The quantitative estimate of drug-likeness (QED) is 0.493. The van der Waals surface area contributed by atoms with Gasteiger partial charge in [-0.3, -0.25) is 0 Å². The van der Waals surface area contributed by atoms with Crippen LogP contribution in [0.1, 0.15) is 0 Å². The molecule has 0 unspecified atom stereocenters. The first kappa shape index (κ1) is 37.8. The van der Waals surface area contributed by atoms with Crippen molar-refractivity contribution < 1.29 is 36.0 Å². The number of halogens is 3. The molecular formula is C4H8Cl3CoO4Si. The minimum Gasteiger partial charge on any atom is -0.307 e. The van der Waals surface area contributed by atoms with Gasteiger partial charge in [-0.2, -0.15) is 0 Å². The van der Waals surface area contributed by atoms with E-state index in [4.69, 9.17) is 52.4 Å². The zero-order valence-corrected chi connectivity index (χ0v) is 10.7. The monoisotopic (exact) mass is 312 g/mol. The van der Waals surface area contributed by atoms with Crippen LogP contribution >= 0.6 is 33.2 Å². The Labute approximate surface area is 103 Å². The van der Waals surface area contributed by atoms with Crippen LogP contribution in [0.25, 0.3) is 0 Å². The third kappa shape index (κ3) is 17300. The molecule has 0 atom stereocenters. The van der Waals surface area contributed by atoms with E-state index in [0.29, 0.717) is 0 Å². The van der Waals surface area contributed by atoms with E-state index in [1.807, 2.05) is 27.2 Å². The predicted molar refractivity (Wildman–Crippen MR) is 51.8 cm³/mol. The third-order valence-electron chi connectivity index (χ3n) is 0. The van der Waals surface area contributed by atoms with Crippen LogP contribution in [-0.4, -0.2) is 33.9 Å². The largest absolute Gasteiger partial charge is 0.376 e. The normalized spacial score (nSPS) is 4.00. The van der Waals surface area contributed by atoms with Gasteiger partial charge in [0.2, 0.25) is 0 Å². The average Bonchev–Trinajstić information content (AvgIpc) is 2.16. The Bertz CT molecular complexity index is 53.9. The second kappa shape index (κ2) is 146.